The Bertz CT molecular complexity index is 537. The number of benzene rings is 1. The molecule has 1 heterocycles. The van der Waals surface area contributed by atoms with Gasteiger partial charge in [-0.25, -0.2) is 0 Å². The fourth-order valence-electron chi connectivity index (χ4n) is 2.94. The predicted molar refractivity (Wildman–Crippen MR) is 89.0 cm³/mol. The van der Waals surface area contributed by atoms with Gasteiger partial charge in [-0.3, -0.25) is 9.59 Å². The van der Waals surface area contributed by atoms with Crippen LogP contribution in [-0.2, 0) is 20.7 Å². The van der Waals surface area contributed by atoms with Crippen molar-refractivity contribution in [3.8, 4) is 5.75 Å². The van der Waals surface area contributed by atoms with Gasteiger partial charge in [-0.2, -0.15) is 0 Å². The molecule has 1 unspecified atom stereocenters. The van der Waals surface area contributed by atoms with Crippen LogP contribution in [0.5, 0.6) is 5.75 Å². The molecule has 0 radical (unpaired) electrons. The molecule has 0 aromatic heterocycles. The van der Waals surface area contributed by atoms with Crippen LogP contribution in [0.1, 0.15) is 24.8 Å². The van der Waals surface area contributed by atoms with Gasteiger partial charge >= 0.3 is 5.97 Å². The first-order chi connectivity index (χ1) is 11.6. The van der Waals surface area contributed by atoms with Crippen LogP contribution in [-0.4, -0.2) is 43.9 Å². The van der Waals surface area contributed by atoms with Crippen molar-refractivity contribution in [1.82, 2.24) is 5.32 Å². The molecule has 0 aliphatic carbocycles. The van der Waals surface area contributed by atoms with E-state index in [1.807, 2.05) is 24.3 Å². The summed E-state index contributed by atoms with van der Waals surface area (Å²) in [7, 11) is 1.61. The number of carbonyl (C=O) groups is 2. The minimum atomic E-state index is -0.850. The molecule has 1 aliphatic rings. The van der Waals surface area contributed by atoms with E-state index in [2.05, 4.69) is 5.32 Å². The van der Waals surface area contributed by atoms with E-state index >= 15 is 0 Å². The summed E-state index contributed by atoms with van der Waals surface area (Å²) in [6, 6.07) is 7.57. The molecule has 1 atom stereocenters. The number of carbonyl (C=O) groups excluding carboxylic acids is 1. The smallest absolute Gasteiger partial charge is 0.308 e. The molecule has 1 fully saturated rings. The minimum Gasteiger partial charge on any atom is -0.497 e. The van der Waals surface area contributed by atoms with Crippen LogP contribution < -0.4 is 10.1 Å². The number of carboxylic acid groups (broad SMARTS) is 1. The summed E-state index contributed by atoms with van der Waals surface area (Å²) in [4.78, 5) is 23.4. The third-order valence-electron chi connectivity index (χ3n) is 4.47. The van der Waals surface area contributed by atoms with Crippen molar-refractivity contribution in [2.75, 3.05) is 26.9 Å². The van der Waals surface area contributed by atoms with Gasteiger partial charge in [-0.15, -0.1) is 0 Å². The highest BCUT2D eigenvalue weighted by Crippen LogP contribution is 2.23. The van der Waals surface area contributed by atoms with Crippen molar-refractivity contribution < 1.29 is 24.2 Å². The van der Waals surface area contributed by atoms with Crippen LogP contribution in [0.4, 0.5) is 0 Å². The lowest BCUT2D eigenvalue weighted by atomic mass is 9.86. The molecule has 1 amide bonds. The van der Waals surface area contributed by atoms with Gasteiger partial charge in [0.25, 0.3) is 0 Å². The Morgan fingerprint density at radius 3 is 2.54 bits per heavy atom. The molecule has 1 aromatic carbocycles. The monoisotopic (exact) mass is 335 g/mol. The SMILES string of the molecule is COc1ccc(CCC(=O)NCC(C(=O)O)C2CCOCC2)cc1. The molecular weight excluding hydrogens is 310 g/mol. The maximum Gasteiger partial charge on any atom is 0.308 e. The van der Waals surface area contributed by atoms with Crippen LogP contribution in [0.2, 0.25) is 0 Å². The maximum absolute atomic E-state index is 12.0. The summed E-state index contributed by atoms with van der Waals surface area (Å²) >= 11 is 0. The van der Waals surface area contributed by atoms with Crippen molar-refractivity contribution in [2.24, 2.45) is 11.8 Å². The molecule has 2 rings (SSSR count). The van der Waals surface area contributed by atoms with Gasteiger partial charge in [0, 0.05) is 26.2 Å². The number of nitrogens with one attached hydrogen (secondary N) is 1. The molecule has 1 aromatic rings. The molecule has 6 nitrogen and oxygen atoms in total. The van der Waals surface area contributed by atoms with Crippen LogP contribution >= 0.6 is 0 Å². The van der Waals surface area contributed by atoms with Crippen molar-refractivity contribution in [3.63, 3.8) is 0 Å². The molecule has 6 heteroatoms. The average molecular weight is 335 g/mol. The van der Waals surface area contributed by atoms with E-state index in [1.165, 1.54) is 0 Å². The largest absolute Gasteiger partial charge is 0.497 e. The van der Waals surface area contributed by atoms with Crippen molar-refractivity contribution in [2.45, 2.75) is 25.7 Å². The standard InChI is InChI=1S/C18H25NO5/c1-23-15-5-2-13(3-6-15)4-7-17(20)19-12-16(18(21)22)14-8-10-24-11-9-14/h2-3,5-6,14,16H,4,7-12H2,1H3,(H,19,20)(H,21,22). The highest BCUT2D eigenvalue weighted by atomic mass is 16.5. The molecule has 2 N–H and O–H groups in total. The summed E-state index contributed by atoms with van der Waals surface area (Å²) < 4.78 is 10.4. The highest BCUT2D eigenvalue weighted by Gasteiger charge is 2.29. The predicted octanol–water partition coefficient (Wildman–Crippen LogP) is 1.87. The Hall–Kier alpha value is -2.08. The number of ether oxygens (including phenoxy) is 2. The Morgan fingerprint density at radius 2 is 1.96 bits per heavy atom. The minimum absolute atomic E-state index is 0.0677. The molecular formula is C18H25NO5. The third-order valence-corrected chi connectivity index (χ3v) is 4.47. The van der Waals surface area contributed by atoms with Gasteiger partial charge in [0.15, 0.2) is 0 Å². The molecule has 1 saturated heterocycles. The summed E-state index contributed by atoms with van der Waals surface area (Å²) in [5.74, 6) is -0.664. The van der Waals surface area contributed by atoms with Crippen LogP contribution in [0.15, 0.2) is 24.3 Å². The van der Waals surface area contributed by atoms with Crippen molar-refractivity contribution in [3.05, 3.63) is 29.8 Å². The lowest BCUT2D eigenvalue weighted by Gasteiger charge is -2.27. The van der Waals surface area contributed by atoms with E-state index in [9.17, 15) is 14.7 Å². The quantitative estimate of drug-likeness (QED) is 0.757. The number of rotatable bonds is 8. The van der Waals surface area contributed by atoms with E-state index < -0.39 is 11.9 Å². The van der Waals surface area contributed by atoms with Gasteiger partial charge in [0.2, 0.25) is 5.91 Å². The first-order valence-electron chi connectivity index (χ1n) is 8.30. The van der Waals surface area contributed by atoms with Crippen molar-refractivity contribution in [1.29, 1.82) is 0 Å². The number of aliphatic carboxylic acids is 1. The molecule has 0 saturated carbocycles. The molecule has 24 heavy (non-hydrogen) atoms. The molecule has 0 spiro atoms. The van der Waals surface area contributed by atoms with E-state index in [4.69, 9.17) is 9.47 Å². The van der Waals surface area contributed by atoms with E-state index in [-0.39, 0.29) is 18.4 Å². The topological polar surface area (TPSA) is 84.9 Å². The fraction of sp³-hybridized carbons (Fsp3) is 0.556. The van der Waals surface area contributed by atoms with Crippen molar-refractivity contribution >= 4 is 11.9 Å². The first kappa shape index (κ1) is 18.3. The van der Waals surface area contributed by atoms with Crippen LogP contribution in [0, 0.1) is 11.8 Å². The van der Waals surface area contributed by atoms with Crippen LogP contribution in [0.3, 0.4) is 0 Å². The van der Waals surface area contributed by atoms with E-state index in [0.717, 1.165) is 24.2 Å². The molecule has 1 aliphatic heterocycles. The number of amides is 1. The summed E-state index contributed by atoms with van der Waals surface area (Å²) in [6.45, 7) is 1.38. The average Bonchev–Trinajstić information content (AvgIpc) is 2.61. The zero-order valence-electron chi connectivity index (χ0n) is 14.0. The second-order valence-corrected chi connectivity index (χ2v) is 6.05. The number of hydrogen-bond donors (Lipinski definition) is 2. The summed E-state index contributed by atoms with van der Waals surface area (Å²) in [5.41, 5.74) is 1.05. The van der Waals surface area contributed by atoms with E-state index in [1.54, 1.807) is 7.11 Å². The normalized spacial score (nSPS) is 16.4. The first-order valence-corrected chi connectivity index (χ1v) is 8.30. The Labute approximate surface area is 142 Å². The van der Waals surface area contributed by atoms with Crippen LogP contribution in [0.25, 0.3) is 0 Å². The lowest BCUT2D eigenvalue weighted by molar-refractivity contribution is -0.144. The summed E-state index contributed by atoms with van der Waals surface area (Å²) in [5, 5.41) is 12.2. The Morgan fingerprint density at radius 1 is 1.29 bits per heavy atom. The number of methoxy groups -OCH3 is 1. The number of aryl methyl sites for hydroxylation is 1. The second-order valence-electron chi connectivity index (χ2n) is 6.05. The maximum atomic E-state index is 12.0. The number of hydrogen-bond acceptors (Lipinski definition) is 4. The van der Waals surface area contributed by atoms with Gasteiger partial charge in [-0.1, -0.05) is 12.1 Å². The summed E-state index contributed by atoms with van der Waals surface area (Å²) in [6.07, 6.45) is 2.43. The highest BCUT2D eigenvalue weighted by molar-refractivity contribution is 5.77. The van der Waals surface area contributed by atoms with Gasteiger partial charge < -0.3 is 19.9 Å². The number of carboxylic acids is 1. The second kappa shape index (κ2) is 9.27. The fourth-order valence-corrected chi connectivity index (χ4v) is 2.94. The Balaban J connectivity index is 1.76. The van der Waals surface area contributed by atoms with Gasteiger partial charge in [-0.05, 0) is 42.9 Å². The zero-order chi connectivity index (χ0) is 17.4. The lowest BCUT2D eigenvalue weighted by Crippen LogP contribution is -2.39. The molecule has 132 valence electrons. The zero-order valence-corrected chi connectivity index (χ0v) is 14.0. The third kappa shape index (κ3) is 5.53. The van der Waals surface area contributed by atoms with Gasteiger partial charge in [0.1, 0.15) is 5.75 Å². The molecule has 0 bridgehead atoms. The van der Waals surface area contributed by atoms with Gasteiger partial charge in [0.05, 0.1) is 13.0 Å². The Kier molecular flexibility index (Phi) is 7.06. The van der Waals surface area contributed by atoms with E-state index in [0.29, 0.717) is 26.1 Å².